The Morgan fingerprint density at radius 3 is 2.62 bits per heavy atom. The molecule has 0 bridgehead atoms. The van der Waals surface area contributed by atoms with Gasteiger partial charge in [0, 0.05) is 6.04 Å². The van der Waals surface area contributed by atoms with Crippen LogP contribution in [0, 0.1) is 12.8 Å². The Balaban J connectivity index is 2.15. The van der Waals surface area contributed by atoms with E-state index in [1.165, 1.54) is 0 Å². The molecule has 118 valence electrons. The maximum Gasteiger partial charge on any atom is 0.158 e. The molecule has 1 aliphatic carbocycles. The maximum atomic E-state index is 12.8. The van der Waals surface area contributed by atoms with Gasteiger partial charge in [-0.3, -0.25) is 0 Å². The summed E-state index contributed by atoms with van der Waals surface area (Å²) in [6.45, 7) is 4.12. The lowest BCUT2D eigenvalue weighted by atomic mass is 9.83. The van der Waals surface area contributed by atoms with E-state index in [1.807, 2.05) is 31.2 Å². The fourth-order valence-corrected chi connectivity index (χ4v) is 5.62. The Morgan fingerprint density at radius 2 is 1.95 bits per heavy atom. The molecule has 3 unspecified atom stereocenters. The average Bonchev–Trinajstić information content (AvgIpc) is 2.43. The normalized spacial score (nSPS) is 26.7. The molecule has 0 radical (unpaired) electrons. The number of aryl methyl sites for hydroxylation is 1. The third-order valence-corrected chi connectivity index (χ3v) is 6.91. The van der Waals surface area contributed by atoms with Crippen molar-refractivity contribution in [3.05, 3.63) is 35.4 Å². The number of nitrogens with two attached hydrogens (primary N) is 1. The van der Waals surface area contributed by atoms with Gasteiger partial charge in [-0.25, -0.2) is 8.42 Å². The smallest absolute Gasteiger partial charge is 0.158 e. The summed E-state index contributed by atoms with van der Waals surface area (Å²) in [5, 5.41) is -0.373. The van der Waals surface area contributed by atoms with Crippen LogP contribution in [0.25, 0.3) is 0 Å². The quantitative estimate of drug-likeness (QED) is 0.908. The van der Waals surface area contributed by atoms with Crippen molar-refractivity contribution in [2.45, 2.75) is 63.0 Å². The summed E-state index contributed by atoms with van der Waals surface area (Å²) < 4.78 is 25.6. The van der Waals surface area contributed by atoms with E-state index in [4.69, 9.17) is 5.73 Å². The van der Waals surface area contributed by atoms with Crippen LogP contribution in [0.15, 0.2) is 24.3 Å². The van der Waals surface area contributed by atoms with Crippen molar-refractivity contribution in [1.29, 1.82) is 0 Å². The Bertz CT molecular complexity index is 568. The molecule has 2 N–H and O–H groups in total. The van der Waals surface area contributed by atoms with Crippen LogP contribution in [0.1, 0.15) is 50.2 Å². The molecule has 1 saturated carbocycles. The van der Waals surface area contributed by atoms with Gasteiger partial charge in [0.25, 0.3) is 0 Å². The van der Waals surface area contributed by atoms with Gasteiger partial charge < -0.3 is 5.73 Å². The first-order chi connectivity index (χ1) is 9.94. The highest BCUT2D eigenvalue weighted by Crippen LogP contribution is 2.32. The Kier molecular flexibility index (Phi) is 5.44. The lowest BCUT2D eigenvalue weighted by Gasteiger charge is -2.33. The maximum absolute atomic E-state index is 12.8. The van der Waals surface area contributed by atoms with Gasteiger partial charge >= 0.3 is 0 Å². The van der Waals surface area contributed by atoms with E-state index in [0.717, 1.165) is 43.2 Å². The highest BCUT2D eigenvalue weighted by atomic mass is 32.2. The van der Waals surface area contributed by atoms with Gasteiger partial charge in [0.05, 0.1) is 11.0 Å². The molecule has 3 atom stereocenters. The van der Waals surface area contributed by atoms with E-state index >= 15 is 0 Å². The van der Waals surface area contributed by atoms with Crippen LogP contribution >= 0.6 is 0 Å². The monoisotopic (exact) mass is 309 g/mol. The van der Waals surface area contributed by atoms with Gasteiger partial charge in [-0.1, -0.05) is 44.0 Å². The molecule has 1 aromatic carbocycles. The van der Waals surface area contributed by atoms with Gasteiger partial charge in [-0.15, -0.1) is 0 Å². The molecule has 0 heterocycles. The first-order valence-electron chi connectivity index (χ1n) is 7.95. The number of benzene rings is 1. The second kappa shape index (κ2) is 6.93. The Hall–Kier alpha value is -0.870. The van der Waals surface area contributed by atoms with E-state index in [2.05, 4.69) is 6.92 Å². The van der Waals surface area contributed by atoms with E-state index in [-0.39, 0.29) is 17.0 Å². The fourth-order valence-electron chi connectivity index (χ4n) is 3.41. The zero-order chi connectivity index (χ0) is 15.5. The van der Waals surface area contributed by atoms with Gasteiger partial charge in [-0.2, -0.15) is 0 Å². The Labute approximate surface area is 128 Å². The van der Waals surface area contributed by atoms with E-state index < -0.39 is 9.84 Å². The second-order valence-electron chi connectivity index (χ2n) is 6.40. The molecule has 0 aromatic heterocycles. The molecule has 0 spiro atoms. The van der Waals surface area contributed by atoms with Gasteiger partial charge in [0.1, 0.15) is 0 Å². The third-order valence-electron chi connectivity index (χ3n) is 4.73. The van der Waals surface area contributed by atoms with Crippen LogP contribution in [0.5, 0.6) is 0 Å². The van der Waals surface area contributed by atoms with Crippen molar-refractivity contribution < 1.29 is 8.42 Å². The lowest BCUT2D eigenvalue weighted by Crippen LogP contribution is -2.45. The largest absolute Gasteiger partial charge is 0.327 e. The first kappa shape index (κ1) is 16.5. The minimum atomic E-state index is -3.18. The molecule has 4 heteroatoms. The molecule has 21 heavy (non-hydrogen) atoms. The summed E-state index contributed by atoms with van der Waals surface area (Å²) in [7, 11) is -3.18. The molecule has 1 aliphatic rings. The van der Waals surface area contributed by atoms with Gasteiger partial charge in [0.2, 0.25) is 0 Å². The SMILES string of the molecule is CCCC1CCC(N)C(S(=O)(=O)Cc2ccccc2C)C1. The first-order valence-corrected chi connectivity index (χ1v) is 9.67. The van der Waals surface area contributed by atoms with Gasteiger partial charge in [0.15, 0.2) is 9.84 Å². The predicted molar refractivity (Wildman–Crippen MR) is 87.8 cm³/mol. The number of hydrogen-bond donors (Lipinski definition) is 1. The van der Waals surface area contributed by atoms with E-state index in [0.29, 0.717) is 5.92 Å². The van der Waals surface area contributed by atoms with Crippen LogP contribution < -0.4 is 5.73 Å². The Morgan fingerprint density at radius 1 is 1.24 bits per heavy atom. The summed E-state index contributed by atoms with van der Waals surface area (Å²) in [6, 6.07) is 7.51. The van der Waals surface area contributed by atoms with Crippen LogP contribution in [-0.2, 0) is 15.6 Å². The van der Waals surface area contributed by atoms with E-state index in [1.54, 1.807) is 0 Å². The van der Waals surface area contributed by atoms with Crippen molar-refractivity contribution in [2.24, 2.45) is 11.7 Å². The van der Waals surface area contributed by atoms with Crippen molar-refractivity contribution in [3.63, 3.8) is 0 Å². The fraction of sp³-hybridized carbons (Fsp3) is 0.647. The highest BCUT2D eigenvalue weighted by Gasteiger charge is 2.36. The molecule has 0 amide bonds. The summed E-state index contributed by atoms with van der Waals surface area (Å²) in [4.78, 5) is 0. The second-order valence-corrected chi connectivity index (χ2v) is 8.62. The molecule has 1 fully saturated rings. The summed E-state index contributed by atoms with van der Waals surface area (Å²) in [5.74, 6) is 0.642. The number of rotatable bonds is 5. The molecule has 0 aliphatic heterocycles. The summed E-state index contributed by atoms with van der Waals surface area (Å²) in [5.41, 5.74) is 8.08. The molecular weight excluding hydrogens is 282 g/mol. The van der Waals surface area contributed by atoms with Crippen molar-refractivity contribution >= 4 is 9.84 Å². The molecule has 0 saturated heterocycles. The minimum absolute atomic E-state index is 0.122. The van der Waals surface area contributed by atoms with Crippen LogP contribution in [0.3, 0.4) is 0 Å². The molecule has 2 rings (SSSR count). The van der Waals surface area contributed by atoms with Crippen LogP contribution in [0.4, 0.5) is 0 Å². The summed E-state index contributed by atoms with van der Waals surface area (Å²) in [6.07, 6.45) is 4.88. The lowest BCUT2D eigenvalue weighted by molar-refractivity contribution is 0.309. The topological polar surface area (TPSA) is 60.2 Å². The average molecular weight is 309 g/mol. The number of hydrogen-bond acceptors (Lipinski definition) is 3. The van der Waals surface area contributed by atoms with Crippen molar-refractivity contribution in [3.8, 4) is 0 Å². The van der Waals surface area contributed by atoms with Crippen molar-refractivity contribution in [2.75, 3.05) is 0 Å². The third kappa shape index (κ3) is 4.07. The van der Waals surface area contributed by atoms with Gasteiger partial charge in [-0.05, 0) is 43.2 Å². The molecule has 1 aromatic rings. The molecular formula is C17H27NO2S. The zero-order valence-corrected chi connectivity index (χ0v) is 13.9. The predicted octanol–water partition coefficient (Wildman–Crippen LogP) is 3.21. The van der Waals surface area contributed by atoms with Crippen LogP contribution in [-0.4, -0.2) is 19.7 Å². The standard InChI is InChI=1S/C17H27NO2S/c1-3-6-14-9-10-16(18)17(11-14)21(19,20)12-15-8-5-4-7-13(15)2/h4-5,7-8,14,16-17H,3,6,9-12,18H2,1-2H3. The van der Waals surface area contributed by atoms with Crippen LogP contribution in [0.2, 0.25) is 0 Å². The summed E-state index contributed by atoms with van der Waals surface area (Å²) >= 11 is 0. The minimum Gasteiger partial charge on any atom is -0.327 e. The van der Waals surface area contributed by atoms with Crippen molar-refractivity contribution in [1.82, 2.24) is 0 Å². The van der Waals surface area contributed by atoms with E-state index in [9.17, 15) is 8.42 Å². The highest BCUT2D eigenvalue weighted by molar-refractivity contribution is 7.91. The number of sulfone groups is 1. The zero-order valence-electron chi connectivity index (χ0n) is 13.1. The molecule has 3 nitrogen and oxygen atoms in total.